The van der Waals surface area contributed by atoms with Crippen LogP contribution < -0.4 is 5.32 Å². The minimum atomic E-state index is 0.294. The fraction of sp³-hybridized carbons (Fsp3) is 0.667. The average molecular weight is 234 g/mol. The van der Waals surface area contributed by atoms with Gasteiger partial charge in [0.05, 0.1) is 0 Å². The molecule has 0 atom stereocenters. The summed E-state index contributed by atoms with van der Waals surface area (Å²) in [6.45, 7) is 8.85. The average Bonchev–Trinajstić information content (AvgIpc) is 2.37. The van der Waals surface area contributed by atoms with Gasteiger partial charge >= 0.3 is 0 Å². The monoisotopic (exact) mass is 234 g/mol. The van der Waals surface area contributed by atoms with Crippen LogP contribution >= 0.6 is 0 Å². The van der Waals surface area contributed by atoms with E-state index in [0.29, 0.717) is 5.41 Å². The molecule has 1 heterocycles. The maximum atomic E-state index is 4.14. The molecule has 0 bridgehead atoms. The van der Waals surface area contributed by atoms with Crippen LogP contribution in [0.1, 0.15) is 52.0 Å². The molecule has 2 heteroatoms. The Morgan fingerprint density at radius 3 is 2.12 bits per heavy atom. The minimum absolute atomic E-state index is 0.294. The third-order valence-corrected chi connectivity index (χ3v) is 3.46. The third kappa shape index (κ3) is 3.81. The fourth-order valence-electron chi connectivity index (χ4n) is 2.72. The van der Waals surface area contributed by atoms with Crippen molar-refractivity contribution in [3.8, 4) is 0 Å². The number of hydrogen-bond acceptors (Lipinski definition) is 2. The lowest BCUT2D eigenvalue weighted by Crippen LogP contribution is -2.38. The zero-order valence-electron chi connectivity index (χ0n) is 11.5. The zero-order valence-corrected chi connectivity index (χ0v) is 11.5. The summed E-state index contributed by atoms with van der Waals surface area (Å²) in [7, 11) is 0. The highest BCUT2D eigenvalue weighted by atomic mass is 14.9. The molecule has 0 aromatic carbocycles. The first kappa shape index (κ1) is 14.2. The molecule has 0 radical (unpaired) electrons. The van der Waals surface area contributed by atoms with Gasteiger partial charge in [0.15, 0.2) is 0 Å². The van der Waals surface area contributed by atoms with Gasteiger partial charge in [0, 0.05) is 24.4 Å². The molecule has 0 saturated heterocycles. The van der Waals surface area contributed by atoms with Crippen molar-refractivity contribution in [2.75, 3.05) is 13.1 Å². The molecule has 0 aliphatic rings. The van der Waals surface area contributed by atoms with Crippen LogP contribution in [0.4, 0.5) is 0 Å². The van der Waals surface area contributed by atoms with Crippen molar-refractivity contribution in [2.45, 2.75) is 51.9 Å². The van der Waals surface area contributed by atoms with Crippen LogP contribution in [-0.4, -0.2) is 18.1 Å². The molecular formula is C15H26N2. The van der Waals surface area contributed by atoms with Crippen molar-refractivity contribution in [3.05, 3.63) is 30.1 Å². The van der Waals surface area contributed by atoms with E-state index in [0.717, 1.165) is 13.1 Å². The van der Waals surface area contributed by atoms with Gasteiger partial charge in [-0.2, -0.15) is 0 Å². The summed E-state index contributed by atoms with van der Waals surface area (Å²) in [4.78, 5) is 4.14. The first-order valence-electron chi connectivity index (χ1n) is 6.90. The second kappa shape index (κ2) is 7.44. The normalized spacial score (nSPS) is 11.7. The Kier molecular flexibility index (Phi) is 6.20. The molecule has 0 fully saturated rings. The lowest BCUT2D eigenvalue weighted by atomic mass is 9.73. The van der Waals surface area contributed by atoms with Crippen LogP contribution in [0.5, 0.6) is 0 Å². The molecule has 1 aromatic heterocycles. The van der Waals surface area contributed by atoms with Gasteiger partial charge in [-0.05, 0) is 37.1 Å². The van der Waals surface area contributed by atoms with Gasteiger partial charge in [-0.1, -0.05) is 33.6 Å². The molecule has 96 valence electrons. The first-order valence-corrected chi connectivity index (χ1v) is 6.90. The molecule has 1 N–H and O–H groups in total. The van der Waals surface area contributed by atoms with Crippen molar-refractivity contribution < 1.29 is 0 Å². The Bertz CT molecular complexity index is 289. The molecule has 0 saturated carbocycles. The van der Waals surface area contributed by atoms with Gasteiger partial charge in [-0.15, -0.1) is 0 Å². The van der Waals surface area contributed by atoms with Crippen molar-refractivity contribution in [3.63, 3.8) is 0 Å². The molecule has 0 aliphatic heterocycles. The molecular weight excluding hydrogens is 208 g/mol. The maximum Gasteiger partial charge on any atom is 0.0270 e. The number of hydrogen-bond donors (Lipinski definition) is 1. The van der Waals surface area contributed by atoms with E-state index in [1.165, 1.54) is 31.2 Å². The highest BCUT2D eigenvalue weighted by Crippen LogP contribution is 2.33. The lowest BCUT2D eigenvalue weighted by molar-refractivity contribution is 0.338. The largest absolute Gasteiger partial charge is 0.316 e. The maximum absolute atomic E-state index is 4.14. The van der Waals surface area contributed by atoms with Crippen molar-refractivity contribution in [1.82, 2.24) is 10.3 Å². The Hall–Kier alpha value is -0.890. The van der Waals surface area contributed by atoms with E-state index in [-0.39, 0.29) is 0 Å². The molecule has 0 aliphatic carbocycles. The summed E-state index contributed by atoms with van der Waals surface area (Å²) in [6.07, 6.45) is 8.79. The highest BCUT2D eigenvalue weighted by Gasteiger charge is 2.29. The second-order valence-corrected chi connectivity index (χ2v) is 4.80. The number of rotatable bonds is 8. The van der Waals surface area contributed by atoms with E-state index in [9.17, 15) is 0 Å². The molecule has 0 spiro atoms. The number of nitrogens with one attached hydrogen (secondary N) is 1. The number of pyridine rings is 1. The summed E-state index contributed by atoms with van der Waals surface area (Å²) in [5.41, 5.74) is 1.74. The summed E-state index contributed by atoms with van der Waals surface area (Å²) < 4.78 is 0. The van der Waals surface area contributed by atoms with E-state index in [1.54, 1.807) is 0 Å². The van der Waals surface area contributed by atoms with Crippen molar-refractivity contribution in [1.29, 1.82) is 0 Å². The van der Waals surface area contributed by atoms with E-state index in [1.807, 2.05) is 12.4 Å². The number of nitrogens with zero attached hydrogens (tertiary/aromatic N) is 1. The van der Waals surface area contributed by atoms with Crippen LogP contribution in [-0.2, 0) is 5.41 Å². The van der Waals surface area contributed by atoms with E-state index in [2.05, 4.69) is 43.2 Å². The van der Waals surface area contributed by atoms with Crippen LogP contribution in [0.15, 0.2) is 24.5 Å². The smallest absolute Gasteiger partial charge is 0.0270 e. The molecule has 1 aromatic rings. The second-order valence-electron chi connectivity index (χ2n) is 4.80. The van der Waals surface area contributed by atoms with E-state index >= 15 is 0 Å². The third-order valence-electron chi connectivity index (χ3n) is 3.46. The van der Waals surface area contributed by atoms with Gasteiger partial charge in [0.1, 0.15) is 0 Å². The summed E-state index contributed by atoms with van der Waals surface area (Å²) >= 11 is 0. The Morgan fingerprint density at radius 1 is 1.06 bits per heavy atom. The van der Waals surface area contributed by atoms with E-state index < -0.39 is 0 Å². The predicted molar refractivity (Wildman–Crippen MR) is 74.3 cm³/mol. The van der Waals surface area contributed by atoms with Gasteiger partial charge in [-0.3, -0.25) is 4.98 Å². The van der Waals surface area contributed by atoms with Gasteiger partial charge in [0.2, 0.25) is 0 Å². The van der Waals surface area contributed by atoms with Crippen LogP contribution in [0.3, 0.4) is 0 Å². The van der Waals surface area contributed by atoms with Gasteiger partial charge < -0.3 is 5.32 Å². The van der Waals surface area contributed by atoms with Gasteiger partial charge in [0.25, 0.3) is 0 Å². The zero-order chi connectivity index (χ0) is 12.6. The van der Waals surface area contributed by atoms with Crippen molar-refractivity contribution >= 4 is 0 Å². The quantitative estimate of drug-likeness (QED) is 0.744. The topological polar surface area (TPSA) is 24.9 Å². The number of likely N-dealkylation sites (N-methyl/N-ethyl adjacent to an activating group) is 1. The van der Waals surface area contributed by atoms with Crippen LogP contribution in [0, 0.1) is 0 Å². The first-order chi connectivity index (χ1) is 8.29. The summed E-state index contributed by atoms with van der Waals surface area (Å²) in [6, 6.07) is 4.37. The Morgan fingerprint density at radius 2 is 1.65 bits per heavy atom. The predicted octanol–water partition coefficient (Wildman–Crippen LogP) is 3.53. The van der Waals surface area contributed by atoms with Crippen LogP contribution in [0.25, 0.3) is 0 Å². The SMILES string of the molecule is CCCC(CCC)(CNCC)c1ccncc1. The molecule has 1 rings (SSSR count). The molecule has 0 unspecified atom stereocenters. The fourth-order valence-corrected chi connectivity index (χ4v) is 2.72. The highest BCUT2D eigenvalue weighted by molar-refractivity contribution is 5.23. The summed E-state index contributed by atoms with van der Waals surface area (Å²) in [5.74, 6) is 0. The number of aromatic nitrogens is 1. The lowest BCUT2D eigenvalue weighted by Gasteiger charge is -2.34. The van der Waals surface area contributed by atoms with Gasteiger partial charge in [-0.25, -0.2) is 0 Å². The van der Waals surface area contributed by atoms with Crippen LogP contribution in [0.2, 0.25) is 0 Å². The van der Waals surface area contributed by atoms with E-state index in [4.69, 9.17) is 0 Å². The van der Waals surface area contributed by atoms with Crippen molar-refractivity contribution in [2.24, 2.45) is 0 Å². The molecule has 17 heavy (non-hydrogen) atoms. The summed E-state index contributed by atoms with van der Waals surface area (Å²) in [5, 5.41) is 3.54. The standard InChI is InChI=1S/C15H26N2/c1-4-9-15(10-5-2,13-16-6-3)14-7-11-17-12-8-14/h7-8,11-12,16H,4-6,9-10,13H2,1-3H3. The Balaban J connectivity index is 2.95. The Labute approximate surface area is 106 Å². The molecule has 2 nitrogen and oxygen atoms in total. The minimum Gasteiger partial charge on any atom is -0.316 e. The molecule has 0 amide bonds.